The van der Waals surface area contributed by atoms with Crippen LogP contribution in [-0.2, 0) is 0 Å². The number of hydrogen-bond acceptors (Lipinski definition) is 6. The Morgan fingerprint density at radius 3 is 2.88 bits per heavy atom. The Kier molecular flexibility index (Phi) is 3.66. The number of hydrogen-bond donors (Lipinski definition) is 3. The normalized spacial score (nSPS) is 23.8. The number of aliphatic hydroxyl groups is 1. The van der Waals surface area contributed by atoms with Gasteiger partial charge in [0.2, 0.25) is 6.35 Å². The molecule has 1 atom stereocenters. The Morgan fingerprint density at radius 1 is 1.35 bits per heavy atom. The van der Waals surface area contributed by atoms with Crippen LogP contribution in [0.15, 0.2) is 12.5 Å². The molecule has 17 heavy (non-hydrogen) atoms. The number of rotatable bonds is 1. The predicted molar refractivity (Wildman–Crippen MR) is 67.3 cm³/mol. The van der Waals surface area contributed by atoms with Gasteiger partial charge in [0.05, 0.1) is 6.20 Å². The molecule has 0 radical (unpaired) electrons. The summed E-state index contributed by atoms with van der Waals surface area (Å²) in [7, 11) is 0. The van der Waals surface area contributed by atoms with Gasteiger partial charge >= 0.3 is 0 Å². The summed E-state index contributed by atoms with van der Waals surface area (Å²) < 4.78 is 0. The molecule has 1 aromatic rings. The Bertz CT molecular complexity index is 385. The van der Waals surface area contributed by atoms with Crippen LogP contribution in [-0.4, -0.2) is 40.6 Å². The molecule has 3 N–H and O–H groups in total. The van der Waals surface area contributed by atoms with Crippen LogP contribution in [0.1, 0.15) is 12.8 Å². The highest BCUT2D eigenvalue weighted by Gasteiger charge is 2.34. The first-order valence-corrected chi connectivity index (χ1v) is 5.60. The fourth-order valence-corrected chi connectivity index (χ4v) is 2.43. The lowest BCUT2D eigenvalue weighted by molar-refractivity contribution is 0.184. The van der Waals surface area contributed by atoms with E-state index in [1.165, 1.54) is 6.33 Å². The topological polar surface area (TPSA) is 73.3 Å². The SMILES string of the molecule is Cl.OC1Nc2ncncc2N1C1CCNCC1. The van der Waals surface area contributed by atoms with Crippen LogP contribution in [0.25, 0.3) is 0 Å². The van der Waals surface area contributed by atoms with Gasteiger partial charge in [0.1, 0.15) is 12.0 Å². The summed E-state index contributed by atoms with van der Waals surface area (Å²) in [5.74, 6) is 0.723. The smallest absolute Gasteiger partial charge is 0.206 e. The first-order chi connectivity index (χ1) is 7.86. The highest BCUT2D eigenvalue weighted by Crippen LogP contribution is 2.34. The monoisotopic (exact) mass is 257 g/mol. The standard InChI is InChI=1S/C10H15N5O.ClH/c16-10-14-9-8(5-12-6-13-9)15(10)7-1-3-11-4-2-7;/h5-7,10-11,16H,1-4H2,(H,12,13,14);1H. The van der Waals surface area contributed by atoms with Crippen molar-refractivity contribution < 1.29 is 5.11 Å². The van der Waals surface area contributed by atoms with Crippen LogP contribution in [0.5, 0.6) is 0 Å². The van der Waals surface area contributed by atoms with Crippen molar-refractivity contribution in [2.24, 2.45) is 0 Å². The van der Waals surface area contributed by atoms with E-state index in [-0.39, 0.29) is 12.4 Å². The van der Waals surface area contributed by atoms with Crippen LogP contribution in [0.3, 0.4) is 0 Å². The van der Waals surface area contributed by atoms with Crippen molar-refractivity contribution in [3.8, 4) is 0 Å². The first-order valence-electron chi connectivity index (χ1n) is 5.60. The Balaban J connectivity index is 0.00000108. The van der Waals surface area contributed by atoms with Gasteiger partial charge in [-0.05, 0) is 25.9 Å². The molecule has 0 saturated carbocycles. The second kappa shape index (κ2) is 5.03. The number of anilines is 2. The zero-order chi connectivity index (χ0) is 11.0. The number of aromatic nitrogens is 2. The fraction of sp³-hybridized carbons (Fsp3) is 0.600. The fourth-order valence-electron chi connectivity index (χ4n) is 2.43. The molecule has 3 rings (SSSR count). The van der Waals surface area contributed by atoms with Crippen LogP contribution in [0.4, 0.5) is 11.5 Å². The van der Waals surface area contributed by atoms with Crippen molar-refractivity contribution in [2.75, 3.05) is 23.3 Å². The molecular formula is C10H16ClN5O. The van der Waals surface area contributed by atoms with Gasteiger partial charge in [-0.15, -0.1) is 12.4 Å². The van der Waals surface area contributed by atoms with Gasteiger partial charge in [-0.2, -0.15) is 0 Å². The third kappa shape index (κ3) is 2.15. The lowest BCUT2D eigenvalue weighted by atomic mass is 10.1. The number of piperidine rings is 1. The Hall–Kier alpha value is -1.11. The molecule has 0 amide bonds. The van der Waals surface area contributed by atoms with E-state index >= 15 is 0 Å². The third-order valence-corrected chi connectivity index (χ3v) is 3.20. The predicted octanol–water partition coefficient (Wildman–Crippen LogP) is 0.158. The molecule has 7 heteroatoms. The van der Waals surface area contributed by atoms with Gasteiger partial charge in [0.25, 0.3) is 0 Å². The molecule has 6 nitrogen and oxygen atoms in total. The lowest BCUT2D eigenvalue weighted by Crippen LogP contribution is -2.48. The van der Waals surface area contributed by atoms with Crippen LogP contribution < -0.4 is 15.5 Å². The van der Waals surface area contributed by atoms with Gasteiger partial charge in [-0.25, -0.2) is 9.97 Å². The minimum atomic E-state index is -0.671. The molecule has 1 unspecified atom stereocenters. The molecule has 0 aromatic carbocycles. The maximum absolute atomic E-state index is 9.99. The minimum Gasteiger partial charge on any atom is -0.356 e. The van der Waals surface area contributed by atoms with E-state index in [4.69, 9.17) is 0 Å². The van der Waals surface area contributed by atoms with Gasteiger partial charge in [-0.1, -0.05) is 0 Å². The molecule has 0 spiro atoms. The second-order valence-corrected chi connectivity index (χ2v) is 4.16. The van der Waals surface area contributed by atoms with Crippen LogP contribution in [0, 0.1) is 0 Å². The van der Waals surface area contributed by atoms with Crippen molar-refractivity contribution in [2.45, 2.75) is 25.2 Å². The second-order valence-electron chi connectivity index (χ2n) is 4.16. The average Bonchev–Trinajstić information content (AvgIpc) is 2.66. The summed E-state index contributed by atoms with van der Waals surface area (Å²) in [6, 6.07) is 0.357. The number of nitrogens with one attached hydrogen (secondary N) is 2. The molecule has 2 aliphatic rings. The summed E-state index contributed by atoms with van der Waals surface area (Å²) in [6.45, 7) is 1.99. The number of aliphatic hydroxyl groups excluding tert-OH is 1. The Labute approximate surface area is 106 Å². The molecule has 1 fully saturated rings. The first kappa shape index (κ1) is 12.3. The molecule has 3 heterocycles. The summed E-state index contributed by atoms with van der Waals surface area (Å²) in [4.78, 5) is 10.1. The number of halogens is 1. The van der Waals surface area contributed by atoms with Crippen LogP contribution in [0.2, 0.25) is 0 Å². The Morgan fingerprint density at radius 2 is 2.12 bits per heavy atom. The zero-order valence-corrected chi connectivity index (χ0v) is 10.2. The van der Waals surface area contributed by atoms with Crippen molar-refractivity contribution in [3.05, 3.63) is 12.5 Å². The summed E-state index contributed by atoms with van der Waals surface area (Å²) in [5, 5.41) is 16.3. The minimum absolute atomic E-state index is 0. The van der Waals surface area contributed by atoms with E-state index in [2.05, 4.69) is 20.6 Å². The molecule has 0 bridgehead atoms. The van der Waals surface area contributed by atoms with Gasteiger partial charge in [0.15, 0.2) is 5.82 Å². The largest absolute Gasteiger partial charge is 0.356 e. The van der Waals surface area contributed by atoms with Crippen LogP contribution >= 0.6 is 12.4 Å². The number of fused-ring (bicyclic) bond motifs is 1. The van der Waals surface area contributed by atoms with Gasteiger partial charge in [0, 0.05) is 6.04 Å². The zero-order valence-electron chi connectivity index (χ0n) is 9.33. The van der Waals surface area contributed by atoms with Crippen molar-refractivity contribution in [3.63, 3.8) is 0 Å². The van der Waals surface area contributed by atoms with E-state index in [0.717, 1.165) is 37.4 Å². The average molecular weight is 258 g/mol. The van der Waals surface area contributed by atoms with Crippen molar-refractivity contribution in [1.82, 2.24) is 15.3 Å². The number of nitrogens with zero attached hydrogens (tertiary/aromatic N) is 3. The lowest BCUT2D eigenvalue weighted by Gasteiger charge is -2.34. The van der Waals surface area contributed by atoms with Crippen molar-refractivity contribution in [1.29, 1.82) is 0 Å². The maximum Gasteiger partial charge on any atom is 0.206 e. The summed E-state index contributed by atoms with van der Waals surface area (Å²) >= 11 is 0. The van der Waals surface area contributed by atoms with Gasteiger partial charge < -0.3 is 20.6 Å². The van der Waals surface area contributed by atoms with E-state index in [1.807, 2.05) is 4.90 Å². The van der Waals surface area contributed by atoms with Crippen molar-refractivity contribution >= 4 is 23.9 Å². The van der Waals surface area contributed by atoms with Gasteiger partial charge in [-0.3, -0.25) is 0 Å². The highest BCUT2D eigenvalue weighted by molar-refractivity contribution is 5.85. The van der Waals surface area contributed by atoms with E-state index in [9.17, 15) is 5.11 Å². The van der Waals surface area contributed by atoms with E-state index < -0.39 is 6.35 Å². The molecule has 2 aliphatic heterocycles. The van der Waals surface area contributed by atoms with E-state index in [0.29, 0.717) is 6.04 Å². The van der Waals surface area contributed by atoms with E-state index in [1.54, 1.807) is 6.20 Å². The summed E-state index contributed by atoms with van der Waals surface area (Å²) in [5.41, 5.74) is 0.905. The molecular weight excluding hydrogens is 242 g/mol. The molecule has 0 aliphatic carbocycles. The summed E-state index contributed by atoms with van der Waals surface area (Å²) in [6.07, 6.45) is 4.65. The maximum atomic E-state index is 9.99. The third-order valence-electron chi connectivity index (χ3n) is 3.20. The molecule has 1 saturated heterocycles. The quantitative estimate of drug-likeness (QED) is 0.666. The molecule has 94 valence electrons. The molecule has 1 aromatic heterocycles. The highest BCUT2D eigenvalue weighted by atomic mass is 35.5.